The smallest absolute Gasteiger partial charge is 0.337 e. The number of hydrogen-bond donors (Lipinski definition) is 1. The lowest BCUT2D eigenvalue weighted by Gasteiger charge is -2.41. The van der Waals surface area contributed by atoms with Gasteiger partial charge in [-0.2, -0.15) is 0 Å². The maximum absolute atomic E-state index is 14.4. The van der Waals surface area contributed by atoms with Crippen molar-refractivity contribution in [2.75, 3.05) is 0 Å². The van der Waals surface area contributed by atoms with Gasteiger partial charge < -0.3 is 18.9 Å². The van der Waals surface area contributed by atoms with Crippen molar-refractivity contribution in [3.8, 4) is 0 Å². The van der Waals surface area contributed by atoms with Crippen LogP contribution in [0, 0.1) is 5.41 Å². The molecule has 0 aliphatic carbocycles. The quantitative estimate of drug-likeness (QED) is 0.0659. The van der Waals surface area contributed by atoms with E-state index < -0.39 is 63.9 Å². The summed E-state index contributed by atoms with van der Waals surface area (Å²) in [4.78, 5) is 55.7. The van der Waals surface area contributed by atoms with Gasteiger partial charge in [0, 0.05) is 11.1 Å². The molecule has 4 atom stereocenters. The van der Waals surface area contributed by atoms with Crippen LogP contribution in [-0.2, 0) is 28.0 Å². The summed E-state index contributed by atoms with van der Waals surface area (Å²) in [5.41, 5.74) is 0.774. The van der Waals surface area contributed by atoms with Gasteiger partial charge in [0.1, 0.15) is 6.10 Å². The van der Waals surface area contributed by atoms with Gasteiger partial charge in [-0.25, -0.2) is 4.79 Å². The van der Waals surface area contributed by atoms with Crippen LogP contribution in [-0.4, -0.2) is 58.4 Å². The van der Waals surface area contributed by atoms with Crippen LogP contribution in [0.3, 0.4) is 0 Å². The van der Waals surface area contributed by atoms with Gasteiger partial charge in [0.2, 0.25) is 11.6 Å². The number of ketones is 2. The third kappa shape index (κ3) is 10.9. The van der Waals surface area contributed by atoms with Crippen molar-refractivity contribution in [1.82, 2.24) is 5.32 Å². The van der Waals surface area contributed by atoms with Crippen LogP contribution in [0.15, 0.2) is 71.8 Å². The molecule has 288 valence electrons. The van der Waals surface area contributed by atoms with Crippen LogP contribution >= 0.6 is 0 Å². The molecule has 10 heteroatoms. The molecule has 0 radical (unpaired) electrons. The fourth-order valence-electron chi connectivity index (χ4n) is 6.02. The Labute approximate surface area is 315 Å². The summed E-state index contributed by atoms with van der Waals surface area (Å²) in [5.74, 6) is -2.17. The average Bonchev–Trinajstić information content (AvgIpc) is 3.12. The molecule has 0 aliphatic rings. The highest BCUT2D eigenvalue weighted by molar-refractivity contribution is 6.74. The second kappa shape index (κ2) is 18.7. The number of benzene rings is 2. The van der Waals surface area contributed by atoms with Crippen LogP contribution in [0.1, 0.15) is 111 Å². The lowest BCUT2D eigenvalue weighted by Crippen LogP contribution is -2.52. The third-order valence-corrected chi connectivity index (χ3v) is 20.5. The standard InChI is InChI=1S/C42H65NO7Si2/c1-15-34(49-52(16-2,17-3)18-4)42(11,12)38(45)36(44)30(6)29(5)31(7)48-40(47)37(50-51(13,14)41(8,9)10)35(32-25-21-19-22-26-32)43-39(46)33-27-23-20-24-28-33/h19-28,31,34-35,37H,15-18H2,1-14H3,(H,43,46)/b30-29+/t31?,34?,35-,37+/m0/s1. The largest absolute Gasteiger partial charge is 0.456 e. The van der Waals surface area contributed by atoms with Crippen molar-refractivity contribution in [3.05, 3.63) is 82.9 Å². The Hall–Kier alpha value is -3.19. The van der Waals surface area contributed by atoms with E-state index in [9.17, 15) is 19.2 Å². The summed E-state index contributed by atoms with van der Waals surface area (Å²) in [7, 11) is -4.67. The lowest BCUT2D eigenvalue weighted by molar-refractivity contribution is -0.157. The van der Waals surface area contributed by atoms with Crippen LogP contribution < -0.4 is 5.32 Å². The zero-order valence-corrected chi connectivity index (χ0v) is 36.3. The fraction of sp³-hybridized carbons (Fsp3) is 0.571. The Bertz CT molecular complexity index is 1530. The van der Waals surface area contributed by atoms with Crippen molar-refractivity contribution in [3.63, 3.8) is 0 Å². The Balaban J connectivity index is 2.51. The minimum absolute atomic E-state index is 0.233. The molecule has 52 heavy (non-hydrogen) atoms. The number of carbonyl (C=O) groups is 4. The van der Waals surface area contributed by atoms with Crippen LogP contribution in [0.25, 0.3) is 0 Å². The molecule has 8 nitrogen and oxygen atoms in total. The van der Waals surface area contributed by atoms with E-state index in [1.807, 2.05) is 56.4 Å². The van der Waals surface area contributed by atoms with Crippen LogP contribution in [0.5, 0.6) is 0 Å². The van der Waals surface area contributed by atoms with Gasteiger partial charge in [0.25, 0.3) is 5.91 Å². The maximum atomic E-state index is 14.4. The van der Waals surface area contributed by atoms with Gasteiger partial charge in [-0.15, -0.1) is 0 Å². The molecule has 0 aliphatic heterocycles. The molecule has 2 rings (SSSR count). The second-order valence-electron chi connectivity index (χ2n) is 16.1. The molecule has 2 unspecified atom stereocenters. The zero-order valence-electron chi connectivity index (χ0n) is 34.3. The monoisotopic (exact) mass is 751 g/mol. The van der Waals surface area contributed by atoms with E-state index in [-0.39, 0.29) is 16.5 Å². The van der Waals surface area contributed by atoms with Crippen LogP contribution in [0.4, 0.5) is 0 Å². The Morgan fingerprint density at radius 2 is 1.27 bits per heavy atom. The Kier molecular flexibility index (Phi) is 16.2. The first-order valence-electron chi connectivity index (χ1n) is 18.9. The maximum Gasteiger partial charge on any atom is 0.337 e. The third-order valence-electron chi connectivity index (χ3n) is 11.4. The molecule has 2 aromatic rings. The first-order chi connectivity index (χ1) is 24.1. The van der Waals surface area contributed by atoms with Gasteiger partial charge in [-0.1, -0.05) is 97.0 Å². The van der Waals surface area contributed by atoms with E-state index in [1.165, 1.54) is 0 Å². The minimum atomic E-state index is -2.62. The molecule has 1 amide bonds. The van der Waals surface area contributed by atoms with Gasteiger partial charge in [-0.05, 0) is 101 Å². The summed E-state index contributed by atoms with van der Waals surface area (Å²) >= 11 is 0. The topological polar surface area (TPSA) is 108 Å². The van der Waals surface area contributed by atoms with E-state index in [0.717, 1.165) is 18.1 Å². The van der Waals surface area contributed by atoms with Gasteiger partial charge in [-0.3, -0.25) is 14.4 Å². The molecular formula is C42H65NO7Si2. The van der Waals surface area contributed by atoms with E-state index in [1.54, 1.807) is 58.9 Å². The predicted octanol–water partition coefficient (Wildman–Crippen LogP) is 9.78. The molecule has 1 N–H and O–H groups in total. The molecule has 0 saturated heterocycles. The molecular weight excluding hydrogens is 687 g/mol. The fourth-order valence-corrected chi connectivity index (χ4v) is 10.3. The SMILES string of the molecule is CCC(O[Si](CC)(CC)CC)C(C)(C)C(=O)C(=O)/C(C)=C(\C)C(C)OC(=O)[C@H](O[Si](C)(C)C(C)(C)C)[C@@H](NC(=O)c1ccccc1)c1ccccc1. The molecule has 0 bridgehead atoms. The van der Waals surface area contributed by atoms with Gasteiger partial charge in [0.05, 0.1) is 17.6 Å². The summed E-state index contributed by atoms with van der Waals surface area (Å²) in [6.45, 7) is 27.3. The predicted molar refractivity (Wildman–Crippen MR) is 215 cm³/mol. The highest BCUT2D eigenvalue weighted by Crippen LogP contribution is 2.40. The van der Waals surface area contributed by atoms with E-state index in [4.69, 9.17) is 13.6 Å². The number of amides is 1. The number of carbonyl (C=O) groups excluding carboxylic acids is 4. The summed E-state index contributed by atoms with van der Waals surface area (Å²) in [6.07, 6.45) is -1.86. The van der Waals surface area contributed by atoms with Gasteiger partial charge >= 0.3 is 5.97 Å². The van der Waals surface area contributed by atoms with E-state index >= 15 is 0 Å². The molecule has 2 aromatic carbocycles. The van der Waals surface area contributed by atoms with E-state index in [2.05, 4.69) is 46.9 Å². The van der Waals surface area contributed by atoms with Crippen molar-refractivity contribution < 1.29 is 32.8 Å². The summed E-state index contributed by atoms with van der Waals surface area (Å²) < 4.78 is 19.7. The molecule has 0 aromatic heterocycles. The number of rotatable bonds is 19. The Morgan fingerprint density at radius 1 is 0.769 bits per heavy atom. The molecule has 0 saturated carbocycles. The van der Waals surface area contributed by atoms with Crippen molar-refractivity contribution >= 4 is 40.1 Å². The van der Waals surface area contributed by atoms with Gasteiger partial charge in [0.15, 0.2) is 22.7 Å². The second-order valence-corrected chi connectivity index (χ2v) is 25.5. The molecule has 0 spiro atoms. The first kappa shape index (κ1) is 45.0. The number of allylic oxidation sites excluding steroid dienone is 1. The van der Waals surface area contributed by atoms with Crippen molar-refractivity contribution in [1.29, 1.82) is 0 Å². The Morgan fingerprint density at radius 3 is 1.73 bits per heavy atom. The first-order valence-corrected chi connectivity index (χ1v) is 24.3. The van der Waals surface area contributed by atoms with E-state index in [0.29, 0.717) is 23.1 Å². The number of esters is 1. The zero-order chi connectivity index (χ0) is 39.7. The normalized spacial score (nSPS) is 15.5. The number of hydrogen-bond acceptors (Lipinski definition) is 7. The van der Waals surface area contributed by atoms with Crippen molar-refractivity contribution in [2.45, 2.75) is 150 Å². The highest BCUT2D eigenvalue weighted by Gasteiger charge is 2.46. The summed E-state index contributed by atoms with van der Waals surface area (Å²) in [5, 5.41) is 2.80. The lowest BCUT2D eigenvalue weighted by atomic mass is 9.77. The number of Topliss-reactive ketones (excluding diaryl/α,β-unsaturated/α-hetero) is 2. The van der Waals surface area contributed by atoms with Crippen molar-refractivity contribution in [2.24, 2.45) is 5.41 Å². The number of ether oxygens (including phenoxy) is 1. The molecule has 0 heterocycles. The average molecular weight is 752 g/mol. The minimum Gasteiger partial charge on any atom is -0.456 e. The van der Waals surface area contributed by atoms with Crippen LogP contribution in [0.2, 0.25) is 36.3 Å². The number of nitrogens with one attached hydrogen (secondary N) is 1. The molecule has 0 fully saturated rings. The highest BCUT2D eigenvalue weighted by atomic mass is 28.4. The summed E-state index contributed by atoms with van der Waals surface area (Å²) in [6, 6.07) is 20.0.